The first kappa shape index (κ1) is 19.7. The summed E-state index contributed by atoms with van der Waals surface area (Å²) in [7, 11) is 3.66. The molecule has 0 bridgehead atoms. The maximum absolute atomic E-state index is 13.5. The fraction of sp³-hybridized carbons (Fsp3) is 0.286. The molecular weight excluding hydrogens is 361 g/mol. The minimum absolute atomic E-state index is 0.220. The van der Waals surface area contributed by atoms with E-state index in [-0.39, 0.29) is 24.9 Å². The van der Waals surface area contributed by atoms with Gasteiger partial charge in [0.05, 0.1) is 17.2 Å². The number of hydrogen-bond donors (Lipinski definition) is 1. The Bertz CT molecular complexity index is 942. The third-order valence-corrected chi connectivity index (χ3v) is 4.78. The van der Waals surface area contributed by atoms with Crippen molar-refractivity contribution in [2.24, 2.45) is 0 Å². The monoisotopic (exact) mass is 383 g/mol. The van der Waals surface area contributed by atoms with Crippen molar-refractivity contribution < 1.29 is 18.8 Å². The number of rotatable bonds is 6. The molecule has 2 aromatic carbocycles. The second-order valence-electron chi connectivity index (χ2n) is 7.08. The molecule has 6 nitrogen and oxygen atoms in total. The van der Waals surface area contributed by atoms with Gasteiger partial charge in [0.1, 0.15) is 12.4 Å². The van der Waals surface area contributed by atoms with E-state index in [1.54, 1.807) is 30.3 Å². The summed E-state index contributed by atoms with van der Waals surface area (Å²) in [6.07, 6.45) is 0. The molecule has 0 fully saturated rings. The fourth-order valence-corrected chi connectivity index (χ4v) is 3.27. The van der Waals surface area contributed by atoms with Crippen molar-refractivity contribution in [3.63, 3.8) is 0 Å². The lowest BCUT2D eigenvalue weighted by atomic mass is 10.1. The number of imide groups is 1. The Hall–Kier alpha value is -3.06. The van der Waals surface area contributed by atoms with E-state index in [0.717, 1.165) is 16.0 Å². The molecule has 0 radical (unpaired) electrons. The van der Waals surface area contributed by atoms with E-state index in [1.165, 1.54) is 12.1 Å². The van der Waals surface area contributed by atoms with Crippen molar-refractivity contribution in [3.05, 3.63) is 70.5 Å². The molecule has 0 aliphatic carbocycles. The molecule has 1 aliphatic heterocycles. The van der Waals surface area contributed by atoms with Crippen LogP contribution >= 0.6 is 0 Å². The molecule has 0 saturated carbocycles. The van der Waals surface area contributed by atoms with Crippen LogP contribution in [-0.4, -0.2) is 54.7 Å². The Kier molecular flexibility index (Phi) is 5.56. The topological polar surface area (TPSA) is 69.7 Å². The van der Waals surface area contributed by atoms with Crippen LogP contribution < -0.4 is 5.32 Å². The van der Waals surface area contributed by atoms with Gasteiger partial charge in [-0.05, 0) is 50.8 Å². The molecule has 28 heavy (non-hydrogen) atoms. The Morgan fingerprint density at radius 1 is 1.11 bits per heavy atom. The highest BCUT2D eigenvalue weighted by molar-refractivity contribution is 6.22. The average molecular weight is 383 g/mol. The van der Waals surface area contributed by atoms with Gasteiger partial charge < -0.3 is 10.2 Å². The number of likely N-dealkylation sites (N-methyl/N-ethyl adjacent to an activating group) is 1. The Balaban J connectivity index is 1.66. The summed E-state index contributed by atoms with van der Waals surface area (Å²) in [5, 5.41) is 2.74. The standard InChI is InChI=1S/C21H22FN3O3/c1-13-7-8-16-17(9-13)21(28)25(20(16)27)12-19(26)23-11-18(24(2)3)14-5-4-6-15(22)10-14/h4-10,18H,11-12H2,1-3H3,(H,23,26). The van der Waals surface area contributed by atoms with Crippen LogP contribution in [0.4, 0.5) is 4.39 Å². The second-order valence-corrected chi connectivity index (χ2v) is 7.08. The van der Waals surface area contributed by atoms with E-state index in [1.807, 2.05) is 25.9 Å². The maximum atomic E-state index is 13.5. The number of fused-ring (bicyclic) bond motifs is 1. The second kappa shape index (κ2) is 7.90. The first-order valence-corrected chi connectivity index (χ1v) is 8.93. The summed E-state index contributed by atoms with van der Waals surface area (Å²) in [5.41, 5.74) is 2.23. The van der Waals surface area contributed by atoms with Gasteiger partial charge in [0.2, 0.25) is 5.91 Å². The van der Waals surface area contributed by atoms with Crippen LogP contribution in [0.15, 0.2) is 42.5 Å². The largest absolute Gasteiger partial charge is 0.353 e. The predicted octanol–water partition coefficient (Wildman–Crippen LogP) is 2.15. The molecule has 3 rings (SSSR count). The van der Waals surface area contributed by atoms with Crippen LogP contribution in [0.1, 0.15) is 37.9 Å². The lowest BCUT2D eigenvalue weighted by Gasteiger charge is -2.25. The van der Waals surface area contributed by atoms with Crippen LogP contribution in [0.5, 0.6) is 0 Å². The lowest BCUT2D eigenvalue weighted by molar-refractivity contribution is -0.121. The van der Waals surface area contributed by atoms with Gasteiger partial charge in [0.25, 0.3) is 11.8 Å². The molecule has 146 valence electrons. The number of nitrogens with one attached hydrogen (secondary N) is 1. The van der Waals surface area contributed by atoms with E-state index >= 15 is 0 Å². The number of nitrogens with zero attached hydrogens (tertiary/aromatic N) is 2. The van der Waals surface area contributed by atoms with E-state index in [2.05, 4.69) is 5.32 Å². The van der Waals surface area contributed by atoms with Crippen molar-refractivity contribution in [3.8, 4) is 0 Å². The molecule has 0 saturated heterocycles. The number of aryl methyl sites for hydroxylation is 1. The fourth-order valence-electron chi connectivity index (χ4n) is 3.27. The van der Waals surface area contributed by atoms with Gasteiger partial charge in [-0.3, -0.25) is 19.3 Å². The van der Waals surface area contributed by atoms with Gasteiger partial charge >= 0.3 is 0 Å². The third kappa shape index (κ3) is 3.94. The third-order valence-electron chi connectivity index (χ3n) is 4.78. The summed E-state index contributed by atoms with van der Waals surface area (Å²) >= 11 is 0. The zero-order valence-electron chi connectivity index (χ0n) is 16.0. The molecule has 1 atom stereocenters. The number of amides is 3. The molecule has 1 heterocycles. The van der Waals surface area contributed by atoms with Gasteiger partial charge in [0.15, 0.2) is 0 Å². The maximum Gasteiger partial charge on any atom is 0.262 e. The van der Waals surface area contributed by atoms with Crippen molar-refractivity contribution >= 4 is 17.7 Å². The van der Waals surface area contributed by atoms with E-state index in [0.29, 0.717) is 11.1 Å². The minimum atomic E-state index is -0.468. The Labute approximate surface area is 162 Å². The van der Waals surface area contributed by atoms with Gasteiger partial charge in [-0.1, -0.05) is 23.8 Å². The summed E-state index contributed by atoms with van der Waals surface area (Å²) < 4.78 is 13.5. The van der Waals surface area contributed by atoms with Crippen LogP contribution in [0, 0.1) is 12.7 Å². The zero-order chi connectivity index (χ0) is 20.4. The van der Waals surface area contributed by atoms with Gasteiger partial charge in [-0.15, -0.1) is 0 Å². The van der Waals surface area contributed by atoms with Crippen LogP contribution in [0.3, 0.4) is 0 Å². The average Bonchev–Trinajstić information content (AvgIpc) is 2.86. The van der Waals surface area contributed by atoms with Crippen LogP contribution in [0.2, 0.25) is 0 Å². The molecule has 3 amide bonds. The smallest absolute Gasteiger partial charge is 0.262 e. The van der Waals surface area contributed by atoms with Crippen molar-refractivity contribution in [2.45, 2.75) is 13.0 Å². The quantitative estimate of drug-likeness (QED) is 0.776. The number of hydrogen-bond acceptors (Lipinski definition) is 4. The van der Waals surface area contributed by atoms with E-state index in [4.69, 9.17) is 0 Å². The number of carbonyl (C=O) groups is 3. The summed E-state index contributed by atoms with van der Waals surface area (Å²) in [6.45, 7) is 1.70. The summed E-state index contributed by atoms with van der Waals surface area (Å²) in [6, 6.07) is 10.9. The van der Waals surface area contributed by atoms with Gasteiger partial charge in [0, 0.05) is 6.54 Å². The molecule has 1 unspecified atom stereocenters. The normalized spacial score (nSPS) is 14.4. The molecular formula is C21H22FN3O3. The van der Waals surface area contributed by atoms with Crippen molar-refractivity contribution in [1.82, 2.24) is 15.1 Å². The predicted molar refractivity (Wildman–Crippen MR) is 102 cm³/mol. The Morgan fingerprint density at radius 3 is 2.50 bits per heavy atom. The highest BCUT2D eigenvalue weighted by atomic mass is 19.1. The molecule has 0 spiro atoms. The number of benzene rings is 2. The first-order valence-electron chi connectivity index (χ1n) is 8.93. The van der Waals surface area contributed by atoms with Crippen LogP contribution in [-0.2, 0) is 4.79 Å². The van der Waals surface area contributed by atoms with Crippen LogP contribution in [0.25, 0.3) is 0 Å². The van der Waals surface area contributed by atoms with Crippen molar-refractivity contribution in [1.29, 1.82) is 0 Å². The summed E-state index contributed by atoms with van der Waals surface area (Å²) in [5.74, 6) is -1.73. The highest BCUT2D eigenvalue weighted by Gasteiger charge is 2.36. The summed E-state index contributed by atoms with van der Waals surface area (Å²) in [4.78, 5) is 40.1. The molecule has 7 heteroatoms. The number of halogens is 1. The van der Waals surface area contributed by atoms with Crippen molar-refractivity contribution in [2.75, 3.05) is 27.2 Å². The van der Waals surface area contributed by atoms with E-state index < -0.39 is 17.7 Å². The minimum Gasteiger partial charge on any atom is -0.353 e. The van der Waals surface area contributed by atoms with Gasteiger partial charge in [-0.2, -0.15) is 0 Å². The molecule has 0 aromatic heterocycles. The van der Waals surface area contributed by atoms with E-state index in [9.17, 15) is 18.8 Å². The Morgan fingerprint density at radius 2 is 1.82 bits per heavy atom. The highest BCUT2D eigenvalue weighted by Crippen LogP contribution is 2.23. The molecule has 2 aromatic rings. The SMILES string of the molecule is Cc1ccc2c(c1)C(=O)N(CC(=O)NCC(c1cccc(F)c1)N(C)C)C2=O. The van der Waals surface area contributed by atoms with Gasteiger partial charge in [-0.25, -0.2) is 4.39 Å². The lowest BCUT2D eigenvalue weighted by Crippen LogP contribution is -2.42. The molecule has 1 aliphatic rings. The first-order chi connectivity index (χ1) is 13.3. The molecule has 1 N–H and O–H groups in total. The zero-order valence-corrected chi connectivity index (χ0v) is 16.0. The number of carbonyl (C=O) groups excluding carboxylic acids is 3.